The van der Waals surface area contributed by atoms with Crippen molar-refractivity contribution in [3.05, 3.63) is 88.5 Å². The Balaban J connectivity index is 1.95. The Kier molecular flexibility index (Phi) is 5.58. The summed E-state index contributed by atoms with van der Waals surface area (Å²) in [4.78, 5) is 16.9. The molecule has 0 atom stereocenters. The van der Waals surface area contributed by atoms with E-state index in [0.29, 0.717) is 12.1 Å². The molecule has 0 spiro atoms. The number of rotatable bonds is 6. The second-order valence-corrected chi connectivity index (χ2v) is 7.07. The minimum Gasteiger partial charge on any atom is -0.395 e. The summed E-state index contributed by atoms with van der Waals surface area (Å²) in [5.41, 5.74) is 0.716. The lowest BCUT2D eigenvalue weighted by Gasteiger charge is -2.18. The molecule has 31 heavy (non-hydrogen) atoms. The molecule has 2 heterocycles. The minimum atomic E-state index is -0.840. The molecule has 0 unspecified atom stereocenters. The van der Waals surface area contributed by atoms with E-state index in [1.165, 1.54) is 12.3 Å². The molecule has 0 amide bonds. The van der Waals surface area contributed by atoms with E-state index < -0.39 is 22.9 Å². The smallest absolute Gasteiger partial charge is 0.259 e. The average Bonchev–Trinajstić information content (AvgIpc) is 3.16. The van der Waals surface area contributed by atoms with Gasteiger partial charge in [-0.05, 0) is 30.5 Å². The summed E-state index contributed by atoms with van der Waals surface area (Å²) < 4.78 is 30.0. The van der Waals surface area contributed by atoms with Crippen molar-refractivity contribution < 1.29 is 13.9 Å². The van der Waals surface area contributed by atoms with Crippen LogP contribution < -0.4 is 10.5 Å². The van der Waals surface area contributed by atoms with Crippen molar-refractivity contribution in [2.75, 3.05) is 18.1 Å². The van der Waals surface area contributed by atoms with Crippen LogP contribution in [0.5, 0.6) is 0 Å². The number of nitrogens with zero attached hydrogens (tertiary/aromatic N) is 3. The van der Waals surface area contributed by atoms with Gasteiger partial charge in [-0.15, -0.1) is 0 Å². The fourth-order valence-corrected chi connectivity index (χ4v) is 3.65. The molecule has 9 heteroatoms. The zero-order valence-corrected chi connectivity index (χ0v) is 16.9. The number of aliphatic hydroxyl groups is 1. The van der Waals surface area contributed by atoms with E-state index >= 15 is 0 Å². The van der Waals surface area contributed by atoms with Crippen LogP contribution in [0.4, 0.5) is 14.5 Å². The van der Waals surface area contributed by atoms with Crippen LogP contribution in [0.25, 0.3) is 27.8 Å². The molecular formula is C22H17ClF2N4O2. The van der Waals surface area contributed by atoms with Crippen LogP contribution >= 0.6 is 11.6 Å². The number of aromatic amines is 1. The highest BCUT2D eigenvalue weighted by Crippen LogP contribution is 2.33. The molecule has 0 saturated carbocycles. The van der Waals surface area contributed by atoms with Gasteiger partial charge in [-0.25, -0.2) is 13.5 Å². The zero-order chi connectivity index (χ0) is 22.1. The van der Waals surface area contributed by atoms with Crippen molar-refractivity contribution in [3.63, 3.8) is 0 Å². The highest BCUT2D eigenvalue weighted by molar-refractivity contribution is 6.35. The van der Waals surface area contributed by atoms with Gasteiger partial charge in [0.2, 0.25) is 0 Å². The average molecular weight is 443 g/mol. The number of hydrogen-bond donors (Lipinski definition) is 2. The quantitative estimate of drug-likeness (QED) is 0.468. The Bertz CT molecular complexity index is 1310. The highest BCUT2D eigenvalue weighted by Gasteiger charge is 2.23. The number of nitrogens with one attached hydrogen (secondary N) is 1. The zero-order valence-electron chi connectivity index (χ0n) is 16.1. The van der Waals surface area contributed by atoms with Gasteiger partial charge in [0.05, 0.1) is 17.0 Å². The van der Waals surface area contributed by atoms with Crippen molar-refractivity contribution in [1.82, 2.24) is 14.8 Å². The Morgan fingerprint density at radius 3 is 2.48 bits per heavy atom. The Hall–Kier alpha value is -3.49. The first kappa shape index (κ1) is 20.8. The van der Waals surface area contributed by atoms with Gasteiger partial charge in [0.25, 0.3) is 5.56 Å². The van der Waals surface area contributed by atoms with Gasteiger partial charge < -0.3 is 15.0 Å². The predicted octanol–water partition coefficient (Wildman–Crippen LogP) is 4.25. The number of aliphatic hydroxyl groups excluding tert-OH is 1. The highest BCUT2D eigenvalue weighted by atomic mass is 35.5. The molecule has 0 aliphatic rings. The summed E-state index contributed by atoms with van der Waals surface area (Å²) in [7, 11) is 0. The standard InChI is InChI=1S/C22H17ClF2N4O2/c1-2-28(10-11-30)14-8-6-13(7-9-14)19-18-20(15(23)12-26-22(18)31)29(27-19)21-16(24)4-3-5-17(21)25/h2-9,12,30H,1,10-11H2,(H,26,31). The van der Waals surface area contributed by atoms with Gasteiger partial charge in [-0.3, -0.25) is 4.79 Å². The lowest BCUT2D eigenvalue weighted by molar-refractivity contribution is 0.305. The molecule has 158 valence electrons. The second-order valence-electron chi connectivity index (χ2n) is 6.67. The van der Waals surface area contributed by atoms with Crippen molar-refractivity contribution in [2.24, 2.45) is 0 Å². The number of benzene rings is 2. The molecule has 0 saturated heterocycles. The van der Waals surface area contributed by atoms with Crippen molar-refractivity contribution >= 4 is 28.2 Å². The van der Waals surface area contributed by atoms with E-state index in [-0.39, 0.29) is 28.2 Å². The molecule has 0 bridgehead atoms. The summed E-state index contributed by atoms with van der Waals surface area (Å²) >= 11 is 6.29. The first-order valence-corrected chi connectivity index (χ1v) is 9.69. The van der Waals surface area contributed by atoms with E-state index in [0.717, 1.165) is 22.5 Å². The van der Waals surface area contributed by atoms with Gasteiger partial charge in [0.15, 0.2) is 11.6 Å². The molecule has 0 fully saturated rings. The van der Waals surface area contributed by atoms with Crippen molar-refractivity contribution in [3.8, 4) is 16.9 Å². The van der Waals surface area contributed by atoms with E-state index in [1.807, 2.05) is 0 Å². The van der Waals surface area contributed by atoms with Crippen LogP contribution in [-0.2, 0) is 0 Å². The predicted molar refractivity (Wildman–Crippen MR) is 117 cm³/mol. The monoisotopic (exact) mass is 442 g/mol. The van der Waals surface area contributed by atoms with Gasteiger partial charge in [-0.1, -0.05) is 36.4 Å². The number of para-hydroxylation sites is 1. The van der Waals surface area contributed by atoms with Crippen LogP contribution in [0.1, 0.15) is 0 Å². The molecule has 2 aromatic carbocycles. The number of hydrogen-bond acceptors (Lipinski definition) is 4. The van der Waals surface area contributed by atoms with Gasteiger partial charge in [0, 0.05) is 24.0 Å². The van der Waals surface area contributed by atoms with E-state index in [1.54, 1.807) is 35.4 Å². The van der Waals surface area contributed by atoms with Crippen molar-refractivity contribution in [1.29, 1.82) is 0 Å². The summed E-state index contributed by atoms with van der Waals surface area (Å²) in [6, 6.07) is 10.4. The molecule has 0 radical (unpaired) electrons. The molecule has 4 rings (SSSR count). The molecule has 2 N–H and O–H groups in total. The lowest BCUT2D eigenvalue weighted by atomic mass is 10.1. The molecule has 6 nitrogen and oxygen atoms in total. The Morgan fingerprint density at radius 1 is 1.19 bits per heavy atom. The van der Waals surface area contributed by atoms with Crippen LogP contribution in [0.2, 0.25) is 5.02 Å². The maximum Gasteiger partial charge on any atom is 0.259 e. The number of H-pyrrole nitrogens is 1. The summed E-state index contributed by atoms with van der Waals surface area (Å²) in [5.74, 6) is -1.68. The normalized spacial score (nSPS) is 11.1. The van der Waals surface area contributed by atoms with Gasteiger partial charge >= 0.3 is 0 Å². The molecular weight excluding hydrogens is 426 g/mol. The SMILES string of the molecule is C=CN(CCO)c1ccc(-c2nn(-c3c(F)cccc3F)c3c(Cl)c[nH]c(=O)c23)cc1. The third kappa shape index (κ3) is 3.60. The van der Waals surface area contributed by atoms with E-state index in [9.17, 15) is 18.7 Å². The third-order valence-corrected chi connectivity index (χ3v) is 5.14. The van der Waals surface area contributed by atoms with Crippen molar-refractivity contribution in [2.45, 2.75) is 0 Å². The fraction of sp³-hybridized carbons (Fsp3) is 0.0909. The molecule has 4 aromatic rings. The molecule has 0 aliphatic carbocycles. The minimum absolute atomic E-state index is 0.0507. The molecule has 0 aliphatic heterocycles. The topological polar surface area (TPSA) is 74.2 Å². The van der Waals surface area contributed by atoms with Gasteiger partial charge in [0.1, 0.15) is 16.9 Å². The lowest BCUT2D eigenvalue weighted by Crippen LogP contribution is -2.19. The van der Waals surface area contributed by atoms with Gasteiger partial charge in [-0.2, -0.15) is 5.10 Å². The number of halogens is 3. The van der Waals surface area contributed by atoms with Crippen LogP contribution in [0.15, 0.2) is 66.2 Å². The summed E-state index contributed by atoms with van der Waals surface area (Å²) in [6.07, 6.45) is 2.84. The Labute approximate surface area is 180 Å². The van der Waals surface area contributed by atoms with Crippen LogP contribution in [-0.4, -0.2) is 33.0 Å². The van der Waals surface area contributed by atoms with Crippen LogP contribution in [0.3, 0.4) is 0 Å². The number of fused-ring (bicyclic) bond motifs is 1. The van der Waals surface area contributed by atoms with Crippen LogP contribution in [0, 0.1) is 11.6 Å². The summed E-state index contributed by atoms with van der Waals surface area (Å²) in [5, 5.41) is 13.7. The number of aromatic nitrogens is 3. The maximum atomic E-state index is 14.5. The van der Waals surface area contributed by atoms with E-state index in [4.69, 9.17) is 11.6 Å². The number of pyridine rings is 1. The fourth-order valence-electron chi connectivity index (χ4n) is 3.42. The van der Waals surface area contributed by atoms with E-state index in [2.05, 4.69) is 16.7 Å². The largest absolute Gasteiger partial charge is 0.395 e. The number of anilines is 1. The Morgan fingerprint density at radius 2 is 1.87 bits per heavy atom. The molecule has 2 aromatic heterocycles. The summed E-state index contributed by atoms with van der Waals surface area (Å²) in [6.45, 7) is 4.03. The first-order chi connectivity index (χ1) is 15.0. The second kappa shape index (κ2) is 8.33. The third-order valence-electron chi connectivity index (χ3n) is 4.85. The first-order valence-electron chi connectivity index (χ1n) is 9.31. The maximum absolute atomic E-state index is 14.5.